The van der Waals surface area contributed by atoms with Crippen LogP contribution in [0, 0.1) is 27.7 Å². The van der Waals surface area contributed by atoms with Gasteiger partial charge in [0.25, 0.3) is 5.91 Å². The highest BCUT2D eigenvalue weighted by atomic mass is 16.3. The van der Waals surface area contributed by atoms with Gasteiger partial charge in [0.15, 0.2) is 5.76 Å². The number of carbonyl (C=O) groups excluding carboxylic acids is 1. The van der Waals surface area contributed by atoms with Gasteiger partial charge in [0.2, 0.25) is 0 Å². The van der Waals surface area contributed by atoms with E-state index >= 15 is 0 Å². The molecule has 0 spiro atoms. The highest BCUT2D eigenvalue weighted by Crippen LogP contribution is 2.30. The molecule has 3 aromatic rings. The molecule has 0 bridgehead atoms. The van der Waals surface area contributed by atoms with E-state index in [4.69, 9.17) is 8.83 Å². The second-order valence-corrected chi connectivity index (χ2v) is 8.28. The number of aryl methyl sites for hydroxylation is 4. The van der Waals surface area contributed by atoms with Crippen LogP contribution in [0.2, 0.25) is 0 Å². The van der Waals surface area contributed by atoms with Crippen LogP contribution in [-0.2, 0) is 0 Å². The van der Waals surface area contributed by atoms with Crippen LogP contribution in [-0.4, -0.2) is 30.4 Å². The molecule has 5 nitrogen and oxygen atoms in total. The molecule has 1 aliphatic heterocycles. The summed E-state index contributed by atoms with van der Waals surface area (Å²) in [7, 11) is 0. The predicted molar refractivity (Wildman–Crippen MR) is 114 cm³/mol. The zero-order valence-corrected chi connectivity index (χ0v) is 17.8. The van der Waals surface area contributed by atoms with E-state index < -0.39 is 0 Å². The van der Waals surface area contributed by atoms with Crippen molar-refractivity contribution in [1.82, 2.24) is 10.2 Å². The molecule has 1 fully saturated rings. The minimum Gasteiger partial charge on any atom is -0.465 e. The molecule has 4 rings (SSSR count). The SMILES string of the molecule is Cc1cc(C)c2c(C)c(C(=O)NCC(c3ccc(C)o3)N3CCCCC3)oc2c1. The predicted octanol–water partition coefficient (Wildman–Crippen LogP) is 5.22. The third-order valence-electron chi connectivity index (χ3n) is 5.95. The van der Waals surface area contributed by atoms with Gasteiger partial charge < -0.3 is 14.2 Å². The lowest BCUT2D eigenvalue weighted by molar-refractivity contribution is 0.0888. The fraction of sp³-hybridized carbons (Fsp3) is 0.458. The fourth-order valence-corrected chi connectivity index (χ4v) is 4.55. The standard InChI is InChI=1S/C24H30N2O3/c1-15-12-16(2)22-18(4)23(29-21(22)13-15)24(27)25-14-19(20-9-8-17(3)28-20)26-10-6-5-7-11-26/h8-9,12-13,19H,5-7,10-11,14H2,1-4H3,(H,25,27). The lowest BCUT2D eigenvalue weighted by atomic mass is 10.0. The van der Waals surface area contributed by atoms with Crippen LogP contribution < -0.4 is 5.32 Å². The number of piperidine rings is 1. The summed E-state index contributed by atoms with van der Waals surface area (Å²) >= 11 is 0. The third kappa shape index (κ3) is 3.97. The molecule has 1 saturated heterocycles. The number of nitrogens with zero attached hydrogens (tertiary/aromatic N) is 1. The summed E-state index contributed by atoms with van der Waals surface area (Å²) < 4.78 is 11.9. The summed E-state index contributed by atoms with van der Waals surface area (Å²) in [6, 6.07) is 8.18. The number of amides is 1. The van der Waals surface area contributed by atoms with Gasteiger partial charge in [0, 0.05) is 17.5 Å². The summed E-state index contributed by atoms with van der Waals surface area (Å²) in [6.07, 6.45) is 3.64. The van der Waals surface area contributed by atoms with Crippen molar-refractivity contribution < 1.29 is 13.6 Å². The molecule has 2 aromatic heterocycles. The van der Waals surface area contributed by atoms with E-state index in [1.807, 2.05) is 39.0 Å². The summed E-state index contributed by atoms with van der Waals surface area (Å²) in [4.78, 5) is 15.4. The number of carbonyl (C=O) groups is 1. The maximum atomic E-state index is 13.0. The van der Waals surface area contributed by atoms with Crippen LogP contribution in [0.25, 0.3) is 11.0 Å². The number of hydrogen-bond acceptors (Lipinski definition) is 4. The second-order valence-electron chi connectivity index (χ2n) is 8.28. The van der Waals surface area contributed by atoms with E-state index in [1.54, 1.807) is 0 Å². The van der Waals surface area contributed by atoms with E-state index in [2.05, 4.69) is 23.2 Å². The van der Waals surface area contributed by atoms with Gasteiger partial charge in [0.1, 0.15) is 17.1 Å². The Morgan fingerprint density at radius 1 is 1.07 bits per heavy atom. The zero-order valence-electron chi connectivity index (χ0n) is 17.8. The highest BCUT2D eigenvalue weighted by molar-refractivity contribution is 6.00. The van der Waals surface area contributed by atoms with Gasteiger partial charge in [0.05, 0.1) is 6.04 Å². The van der Waals surface area contributed by atoms with Crippen molar-refractivity contribution in [3.8, 4) is 0 Å². The van der Waals surface area contributed by atoms with E-state index in [0.717, 1.165) is 52.3 Å². The van der Waals surface area contributed by atoms with Crippen molar-refractivity contribution in [3.05, 3.63) is 58.2 Å². The Morgan fingerprint density at radius 2 is 1.83 bits per heavy atom. The number of nitrogens with one attached hydrogen (secondary N) is 1. The number of likely N-dealkylation sites (tertiary alicyclic amines) is 1. The minimum atomic E-state index is -0.166. The molecule has 154 valence electrons. The lowest BCUT2D eigenvalue weighted by Crippen LogP contribution is -2.40. The quantitative estimate of drug-likeness (QED) is 0.645. The maximum Gasteiger partial charge on any atom is 0.287 e. The van der Waals surface area contributed by atoms with Gasteiger partial charge >= 0.3 is 0 Å². The van der Waals surface area contributed by atoms with Crippen molar-refractivity contribution in [2.24, 2.45) is 0 Å². The van der Waals surface area contributed by atoms with Crippen molar-refractivity contribution in [2.75, 3.05) is 19.6 Å². The molecular weight excluding hydrogens is 364 g/mol. The molecule has 1 amide bonds. The number of furan rings is 2. The molecule has 0 aliphatic carbocycles. The van der Waals surface area contributed by atoms with E-state index in [9.17, 15) is 4.79 Å². The first-order valence-electron chi connectivity index (χ1n) is 10.5. The Bertz CT molecular complexity index is 1020. The Hall–Kier alpha value is -2.53. The number of hydrogen-bond donors (Lipinski definition) is 1. The summed E-state index contributed by atoms with van der Waals surface area (Å²) in [5.74, 6) is 2.05. The average Bonchev–Trinajstić information content (AvgIpc) is 3.26. The van der Waals surface area contributed by atoms with Crippen LogP contribution >= 0.6 is 0 Å². The molecule has 29 heavy (non-hydrogen) atoms. The van der Waals surface area contributed by atoms with Gasteiger partial charge in [-0.15, -0.1) is 0 Å². The topological polar surface area (TPSA) is 58.6 Å². The summed E-state index contributed by atoms with van der Waals surface area (Å²) in [5, 5.41) is 4.14. The summed E-state index contributed by atoms with van der Waals surface area (Å²) in [5.41, 5.74) is 3.95. The molecule has 0 saturated carbocycles. The van der Waals surface area contributed by atoms with E-state index in [0.29, 0.717) is 12.3 Å². The lowest BCUT2D eigenvalue weighted by Gasteiger charge is -2.33. The van der Waals surface area contributed by atoms with Gasteiger partial charge in [-0.1, -0.05) is 12.5 Å². The molecule has 1 N–H and O–H groups in total. The number of rotatable bonds is 5. The third-order valence-corrected chi connectivity index (χ3v) is 5.95. The van der Waals surface area contributed by atoms with Crippen molar-refractivity contribution >= 4 is 16.9 Å². The second kappa shape index (κ2) is 8.07. The van der Waals surface area contributed by atoms with Crippen molar-refractivity contribution in [1.29, 1.82) is 0 Å². The van der Waals surface area contributed by atoms with Crippen LogP contribution in [0.4, 0.5) is 0 Å². The minimum absolute atomic E-state index is 0.0432. The van der Waals surface area contributed by atoms with Gasteiger partial charge in [-0.25, -0.2) is 0 Å². The van der Waals surface area contributed by atoms with Crippen molar-refractivity contribution in [2.45, 2.75) is 53.0 Å². The first-order chi connectivity index (χ1) is 13.9. The first-order valence-corrected chi connectivity index (χ1v) is 10.5. The fourth-order valence-electron chi connectivity index (χ4n) is 4.55. The zero-order chi connectivity index (χ0) is 20.5. The monoisotopic (exact) mass is 394 g/mol. The number of fused-ring (bicyclic) bond motifs is 1. The normalized spacial score (nSPS) is 16.3. The van der Waals surface area contributed by atoms with Crippen LogP contribution in [0.5, 0.6) is 0 Å². The molecule has 1 aliphatic rings. The maximum absolute atomic E-state index is 13.0. The van der Waals surface area contributed by atoms with Gasteiger partial charge in [-0.3, -0.25) is 9.69 Å². The van der Waals surface area contributed by atoms with E-state index in [-0.39, 0.29) is 11.9 Å². The first kappa shape index (κ1) is 19.8. The molecule has 0 radical (unpaired) electrons. The van der Waals surface area contributed by atoms with Crippen LogP contribution in [0.15, 0.2) is 33.1 Å². The molecule has 1 unspecified atom stereocenters. The Balaban J connectivity index is 1.56. The Morgan fingerprint density at radius 3 is 2.52 bits per heavy atom. The summed E-state index contributed by atoms with van der Waals surface area (Å²) in [6.45, 7) is 10.6. The van der Waals surface area contributed by atoms with Crippen LogP contribution in [0.1, 0.15) is 64.1 Å². The van der Waals surface area contributed by atoms with Gasteiger partial charge in [-0.2, -0.15) is 0 Å². The van der Waals surface area contributed by atoms with Crippen molar-refractivity contribution in [3.63, 3.8) is 0 Å². The average molecular weight is 395 g/mol. The molecule has 5 heteroatoms. The van der Waals surface area contributed by atoms with Crippen LogP contribution in [0.3, 0.4) is 0 Å². The smallest absolute Gasteiger partial charge is 0.287 e. The Labute approximate surface area is 172 Å². The molecular formula is C24H30N2O3. The highest BCUT2D eigenvalue weighted by Gasteiger charge is 2.27. The number of benzene rings is 1. The molecule has 1 atom stereocenters. The van der Waals surface area contributed by atoms with E-state index in [1.165, 1.54) is 19.3 Å². The molecule has 3 heterocycles. The van der Waals surface area contributed by atoms with Gasteiger partial charge in [-0.05, 0) is 83.0 Å². The largest absolute Gasteiger partial charge is 0.465 e. The molecule has 1 aromatic carbocycles. The Kier molecular flexibility index (Phi) is 5.50.